The molecule has 6 amide bonds. The van der Waals surface area contributed by atoms with E-state index in [0.717, 1.165) is 16.5 Å². The zero-order valence-corrected chi connectivity index (χ0v) is 28.9. The van der Waals surface area contributed by atoms with Gasteiger partial charge in [-0.25, -0.2) is 0 Å². The molecule has 1 saturated heterocycles. The van der Waals surface area contributed by atoms with Crippen LogP contribution < -0.4 is 37.6 Å². The molecule has 0 bridgehead atoms. The number of aromatic nitrogens is 1. The number of nitrogens with one attached hydrogen (secondary N) is 7. The molecule has 51 heavy (non-hydrogen) atoms. The maximum absolute atomic E-state index is 13.7. The van der Waals surface area contributed by atoms with Gasteiger partial charge in [0.15, 0.2) is 0 Å². The highest BCUT2D eigenvalue weighted by Gasteiger charge is 2.32. The van der Waals surface area contributed by atoms with E-state index in [-0.39, 0.29) is 30.9 Å². The number of phenols is 1. The summed E-state index contributed by atoms with van der Waals surface area (Å²) in [4.78, 5) is 84.0. The van der Waals surface area contributed by atoms with E-state index in [1.54, 1.807) is 25.3 Å². The number of amides is 6. The van der Waals surface area contributed by atoms with Crippen LogP contribution in [0.25, 0.3) is 10.9 Å². The Labute approximate surface area is 296 Å². The fraction of sp³-hybridized carbons (Fsp3) is 0.444. The minimum atomic E-state index is -1.18. The fourth-order valence-electron chi connectivity index (χ4n) is 5.86. The van der Waals surface area contributed by atoms with E-state index in [2.05, 4.69) is 36.9 Å². The van der Waals surface area contributed by atoms with E-state index in [9.17, 15) is 33.9 Å². The number of benzene rings is 2. The van der Waals surface area contributed by atoms with Crippen LogP contribution >= 0.6 is 0 Å². The summed E-state index contributed by atoms with van der Waals surface area (Å²) in [5, 5.41) is 26.6. The molecule has 0 unspecified atom stereocenters. The first-order valence-electron chi connectivity index (χ1n) is 17.3. The van der Waals surface area contributed by atoms with Crippen molar-refractivity contribution in [3.8, 4) is 5.75 Å². The van der Waals surface area contributed by atoms with Crippen molar-refractivity contribution in [3.05, 3.63) is 65.9 Å². The third kappa shape index (κ3) is 11.0. The summed E-state index contributed by atoms with van der Waals surface area (Å²) in [6, 6.07) is 9.14. The Hall–Kier alpha value is -5.44. The number of hydrogen-bond donors (Lipinski definition) is 9. The molecule has 1 aliphatic rings. The number of hydrogen-bond acceptors (Lipinski definition) is 8. The molecule has 1 fully saturated rings. The number of unbranched alkanes of at least 4 members (excludes halogenated alkanes) is 1. The number of aromatic amines is 1. The number of rotatable bonds is 10. The van der Waals surface area contributed by atoms with E-state index in [1.165, 1.54) is 12.1 Å². The maximum Gasteiger partial charge on any atom is 0.243 e. The van der Waals surface area contributed by atoms with Crippen LogP contribution in [-0.2, 0) is 41.6 Å². The van der Waals surface area contributed by atoms with Gasteiger partial charge in [0.1, 0.15) is 29.9 Å². The quantitative estimate of drug-likeness (QED) is 0.130. The average Bonchev–Trinajstić information content (AvgIpc) is 3.53. The summed E-state index contributed by atoms with van der Waals surface area (Å²) in [5.74, 6) is -4.18. The lowest BCUT2D eigenvalue weighted by atomic mass is 9.97. The molecule has 15 nitrogen and oxygen atoms in total. The highest BCUT2D eigenvalue weighted by molar-refractivity contribution is 5.97. The van der Waals surface area contributed by atoms with Crippen LogP contribution in [0.15, 0.2) is 54.7 Å². The van der Waals surface area contributed by atoms with Crippen LogP contribution in [0.4, 0.5) is 0 Å². The first kappa shape index (κ1) is 38.4. The van der Waals surface area contributed by atoms with Crippen LogP contribution in [0.1, 0.15) is 50.7 Å². The largest absolute Gasteiger partial charge is 0.508 e. The molecule has 4 rings (SSSR count). The lowest BCUT2D eigenvalue weighted by molar-refractivity contribution is -0.135. The van der Waals surface area contributed by atoms with Crippen molar-refractivity contribution in [1.82, 2.24) is 36.9 Å². The summed E-state index contributed by atoms with van der Waals surface area (Å²) in [5.41, 5.74) is 7.84. The van der Waals surface area contributed by atoms with Gasteiger partial charge in [-0.2, -0.15) is 0 Å². The highest BCUT2D eigenvalue weighted by Crippen LogP contribution is 2.20. The molecule has 2 heterocycles. The first-order chi connectivity index (χ1) is 24.5. The molecule has 0 spiro atoms. The van der Waals surface area contributed by atoms with Gasteiger partial charge in [-0.05, 0) is 61.1 Å². The predicted octanol–water partition coefficient (Wildman–Crippen LogP) is 0.0190. The molecule has 10 N–H and O–H groups in total. The molecule has 3 aromatic rings. The first-order valence-corrected chi connectivity index (χ1v) is 17.3. The standard InChI is InChI=1S/C36H48N8O7/c1-3-21(2)32-36(51)43-29(17-23-18-38-26-9-5-4-8-25(23)26)34(49)40-19-30(46)41-28(16-22-11-13-24(45)14-12-22)35(50)42-27(10-6-7-15-37)33(48)39-20-31(47)44-32/h4-5,8-9,11-14,18,21,27-29,32,38,45H,3,6-7,10,15-17,19-20,37H2,1-2H3,(H,39,48)(H,40,49)(H,41,46)(H,42,50)(H,43,51)(H,44,47)/t21-,27-,28+,29-,32-/m0/s1. The van der Waals surface area contributed by atoms with Gasteiger partial charge in [0, 0.05) is 29.9 Å². The molecule has 0 aliphatic carbocycles. The third-order valence-electron chi connectivity index (χ3n) is 9.00. The van der Waals surface area contributed by atoms with E-state index >= 15 is 0 Å². The molecule has 15 heteroatoms. The molecular weight excluding hydrogens is 656 g/mol. The Balaban J connectivity index is 1.64. The average molecular weight is 705 g/mol. The van der Waals surface area contributed by atoms with E-state index in [0.29, 0.717) is 31.4 Å². The molecule has 0 saturated carbocycles. The molecule has 274 valence electrons. The van der Waals surface area contributed by atoms with E-state index in [1.807, 2.05) is 31.2 Å². The zero-order chi connectivity index (χ0) is 36.9. The third-order valence-corrected chi connectivity index (χ3v) is 9.00. The lowest BCUT2D eigenvalue weighted by Crippen LogP contribution is -2.59. The Bertz CT molecular complexity index is 1690. The number of H-pyrrole nitrogens is 1. The Morgan fingerprint density at radius 3 is 2.06 bits per heavy atom. The van der Waals surface area contributed by atoms with E-state index in [4.69, 9.17) is 5.73 Å². The van der Waals surface area contributed by atoms with Crippen LogP contribution in [0.2, 0.25) is 0 Å². The topological polar surface area (TPSA) is 237 Å². The molecule has 2 aromatic carbocycles. The van der Waals surface area contributed by atoms with Gasteiger partial charge in [0.25, 0.3) is 0 Å². The summed E-state index contributed by atoms with van der Waals surface area (Å²) in [6.07, 6.45) is 3.62. The van der Waals surface area contributed by atoms with Gasteiger partial charge in [-0.1, -0.05) is 50.6 Å². The van der Waals surface area contributed by atoms with Crippen molar-refractivity contribution >= 4 is 46.3 Å². The fourth-order valence-corrected chi connectivity index (χ4v) is 5.86. The Kier molecular flexibility index (Phi) is 13.9. The number of phenolic OH excluding ortho intramolecular Hbond substituents is 1. The number of carbonyl (C=O) groups excluding carboxylic acids is 6. The second-order valence-electron chi connectivity index (χ2n) is 12.8. The van der Waals surface area contributed by atoms with Gasteiger partial charge < -0.3 is 47.7 Å². The van der Waals surface area contributed by atoms with Crippen molar-refractivity contribution in [2.75, 3.05) is 19.6 Å². The summed E-state index contributed by atoms with van der Waals surface area (Å²) in [6.45, 7) is 3.01. The van der Waals surface area contributed by atoms with Crippen LogP contribution in [0.3, 0.4) is 0 Å². The van der Waals surface area contributed by atoms with Gasteiger partial charge in [-0.3, -0.25) is 28.8 Å². The van der Waals surface area contributed by atoms with Gasteiger partial charge in [-0.15, -0.1) is 0 Å². The number of para-hydroxylation sites is 1. The van der Waals surface area contributed by atoms with Crippen LogP contribution in [0, 0.1) is 5.92 Å². The number of nitrogens with two attached hydrogens (primary N) is 1. The number of fused-ring (bicyclic) bond motifs is 1. The van der Waals surface area contributed by atoms with Crippen molar-refractivity contribution in [3.63, 3.8) is 0 Å². The van der Waals surface area contributed by atoms with E-state index < -0.39 is 72.7 Å². The van der Waals surface area contributed by atoms with Crippen LogP contribution in [0.5, 0.6) is 5.75 Å². The smallest absolute Gasteiger partial charge is 0.243 e. The monoisotopic (exact) mass is 704 g/mol. The summed E-state index contributed by atoms with van der Waals surface area (Å²) in [7, 11) is 0. The predicted molar refractivity (Wildman–Crippen MR) is 190 cm³/mol. The molecule has 0 radical (unpaired) electrons. The minimum Gasteiger partial charge on any atom is -0.508 e. The van der Waals surface area contributed by atoms with Gasteiger partial charge in [0.2, 0.25) is 35.4 Å². The molecular formula is C36H48N8O7. The van der Waals surface area contributed by atoms with Crippen molar-refractivity contribution < 1.29 is 33.9 Å². The highest BCUT2D eigenvalue weighted by atomic mass is 16.3. The number of aromatic hydroxyl groups is 1. The lowest BCUT2D eigenvalue weighted by Gasteiger charge is -2.27. The van der Waals surface area contributed by atoms with Crippen molar-refractivity contribution in [2.24, 2.45) is 11.7 Å². The van der Waals surface area contributed by atoms with Crippen LogP contribution in [-0.4, -0.2) is 89.3 Å². The SMILES string of the molecule is CC[C@H](C)[C@@H]1NC(=O)CNC(=O)[C@H](CCCCN)NC(=O)[C@@H](Cc2ccc(O)cc2)NC(=O)CNC(=O)[C@H](Cc2c[nH]c3ccccc23)NC1=O. The second-order valence-corrected chi connectivity index (χ2v) is 12.8. The molecule has 1 aliphatic heterocycles. The van der Waals surface area contributed by atoms with Crippen molar-refractivity contribution in [2.45, 2.75) is 76.5 Å². The Morgan fingerprint density at radius 1 is 0.745 bits per heavy atom. The Morgan fingerprint density at radius 2 is 1.37 bits per heavy atom. The van der Waals surface area contributed by atoms with Crippen molar-refractivity contribution in [1.29, 1.82) is 0 Å². The summed E-state index contributed by atoms with van der Waals surface area (Å²) < 4.78 is 0. The normalized spacial score (nSPS) is 22.0. The summed E-state index contributed by atoms with van der Waals surface area (Å²) >= 11 is 0. The molecule has 5 atom stereocenters. The minimum absolute atomic E-state index is 0.00158. The second kappa shape index (κ2) is 18.5. The van der Waals surface area contributed by atoms with Gasteiger partial charge >= 0.3 is 0 Å². The zero-order valence-electron chi connectivity index (χ0n) is 28.9. The maximum atomic E-state index is 13.7. The van der Waals surface area contributed by atoms with Gasteiger partial charge in [0.05, 0.1) is 13.1 Å². The number of carbonyl (C=O) groups is 6. The molecule has 1 aromatic heterocycles.